The fourth-order valence-corrected chi connectivity index (χ4v) is 0.866. The van der Waals surface area contributed by atoms with Gasteiger partial charge in [0.1, 0.15) is 7.05 Å². The highest BCUT2D eigenvalue weighted by Gasteiger charge is 2.08. The largest absolute Gasteiger partial charge is 0.366 e. The molecule has 0 aromatic rings. The zero-order chi connectivity index (χ0) is 6.85. The Morgan fingerprint density at radius 3 is 2.78 bits per heavy atom. The average Bonchev–Trinajstić information content (AvgIpc) is 1.80. The van der Waals surface area contributed by atoms with Crippen molar-refractivity contribution in [3.05, 3.63) is 12.4 Å². The first-order valence-electron chi connectivity index (χ1n) is 3.14. The van der Waals surface area contributed by atoms with Gasteiger partial charge in [-0.2, -0.15) is 0 Å². The smallest absolute Gasteiger partial charge is 0.184 e. The van der Waals surface area contributed by atoms with E-state index in [1.165, 1.54) is 5.71 Å². The van der Waals surface area contributed by atoms with Crippen LogP contribution in [-0.4, -0.2) is 35.8 Å². The molecule has 0 aliphatic carbocycles. The molecule has 0 radical (unpaired) electrons. The van der Waals surface area contributed by atoms with Crippen molar-refractivity contribution in [3.63, 3.8) is 0 Å². The summed E-state index contributed by atoms with van der Waals surface area (Å²) < 4.78 is 2.14. The minimum atomic E-state index is 1.05. The van der Waals surface area contributed by atoms with E-state index in [1.807, 2.05) is 0 Å². The van der Waals surface area contributed by atoms with Crippen LogP contribution >= 0.6 is 0 Å². The molecule has 0 amide bonds. The van der Waals surface area contributed by atoms with E-state index in [-0.39, 0.29) is 0 Å². The zero-order valence-corrected chi connectivity index (χ0v) is 6.26. The monoisotopic (exact) mass is 125 g/mol. The molecule has 0 saturated heterocycles. The highest BCUT2D eigenvalue weighted by molar-refractivity contribution is 5.79. The average molecular weight is 125 g/mol. The minimum absolute atomic E-state index is 1.05. The van der Waals surface area contributed by atoms with Crippen molar-refractivity contribution in [2.75, 3.05) is 20.6 Å². The van der Waals surface area contributed by atoms with Gasteiger partial charge in [0, 0.05) is 14.0 Å². The summed E-state index contributed by atoms with van der Waals surface area (Å²) in [7, 11) is 4.14. The molecule has 0 N–H and O–H groups in total. The molecule has 0 bridgehead atoms. The fraction of sp³-hybridized carbons (Fsp3) is 0.571. The van der Waals surface area contributed by atoms with E-state index in [0.29, 0.717) is 0 Å². The quantitative estimate of drug-likeness (QED) is 0.427. The predicted molar refractivity (Wildman–Crippen MR) is 38.6 cm³/mol. The van der Waals surface area contributed by atoms with Gasteiger partial charge in [0.25, 0.3) is 0 Å². The second-order valence-corrected chi connectivity index (χ2v) is 2.56. The first-order valence-corrected chi connectivity index (χ1v) is 3.14. The van der Waals surface area contributed by atoms with Crippen molar-refractivity contribution < 1.29 is 4.58 Å². The van der Waals surface area contributed by atoms with Gasteiger partial charge in [-0.15, -0.1) is 0 Å². The Bertz CT molecular complexity index is 168. The lowest BCUT2D eigenvalue weighted by Crippen LogP contribution is -2.28. The summed E-state index contributed by atoms with van der Waals surface area (Å²) in [6.07, 6.45) is 4.14. The second kappa shape index (κ2) is 2.21. The summed E-state index contributed by atoms with van der Waals surface area (Å²) in [5, 5.41) is 0. The van der Waals surface area contributed by atoms with Gasteiger partial charge >= 0.3 is 0 Å². The van der Waals surface area contributed by atoms with Gasteiger partial charge in [0.2, 0.25) is 0 Å². The normalized spacial score (nSPS) is 19.2. The van der Waals surface area contributed by atoms with E-state index in [9.17, 15) is 0 Å². The van der Waals surface area contributed by atoms with Gasteiger partial charge in [0.15, 0.2) is 11.9 Å². The van der Waals surface area contributed by atoms with Crippen molar-refractivity contribution in [1.29, 1.82) is 0 Å². The standard InChI is InChI=1S/C7H13N2/c1-7-6-8(2)4-5-9(7)3/h4-5H,6H2,1-3H3/q+1. The Hall–Kier alpha value is -0.790. The van der Waals surface area contributed by atoms with Crippen LogP contribution in [0.1, 0.15) is 6.92 Å². The fourth-order valence-electron chi connectivity index (χ4n) is 0.866. The van der Waals surface area contributed by atoms with Crippen LogP contribution in [-0.2, 0) is 0 Å². The molecule has 2 heteroatoms. The molecule has 50 valence electrons. The summed E-state index contributed by atoms with van der Waals surface area (Å²) in [6, 6.07) is 0. The molecule has 0 spiro atoms. The summed E-state index contributed by atoms with van der Waals surface area (Å²) in [4.78, 5) is 2.16. The van der Waals surface area contributed by atoms with E-state index in [2.05, 4.69) is 42.9 Å². The lowest BCUT2D eigenvalue weighted by Gasteiger charge is -2.14. The molecule has 0 fully saturated rings. The second-order valence-electron chi connectivity index (χ2n) is 2.56. The van der Waals surface area contributed by atoms with Crippen LogP contribution in [0.15, 0.2) is 12.4 Å². The molecule has 1 rings (SSSR count). The maximum Gasteiger partial charge on any atom is 0.184 e. The van der Waals surface area contributed by atoms with Crippen LogP contribution in [0.4, 0.5) is 0 Å². The van der Waals surface area contributed by atoms with Crippen LogP contribution in [0.3, 0.4) is 0 Å². The summed E-state index contributed by atoms with van der Waals surface area (Å²) in [5.41, 5.74) is 1.39. The third kappa shape index (κ3) is 1.31. The highest BCUT2D eigenvalue weighted by Crippen LogP contribution is 1.93. The highest BCUT2D eigenvalue weighted by atomic mass is 15.1. The Balaban J connectivity index is 2.75. The molecule has 0 aromatic heterocycles. The molecule has 2 nitrogen and oxygen atoms in total. The Morgan fingerprint density at radius 1 is 1.67 bits per heavy atom. The van der Waals surface area contributed by atoms with Crippen molar-refractivity contribution in [3.8, 4) is 0 Å². The first kappa shape index (κ1) is 6.33. The molecule has 0 aromatic carbocycles. The number of hydrogen-bond donors (Lipinski definition) is 0. The van der Waals surface area contributed by atoms with E-state index in [0.717, 1.165) is 6.54 Å². The van der Waals surface area contributed by atoms with Crippen molar-refractivity contribution in [1.82, 2.24) is 4.90 Å². The Morgan fingerprint density at radius 2 is 2.33 bits per heavy atom. The zero-order valence-electron chi connectivity index (χ0n) is 6.26. The first-order chi connectivity index (χ1) is 4.20. The summed E-state index contributed by atoms with van der Waals surface area (Å²) in [6.45, 7) is 3.19. The molecule has 1 heterocycles. The van der Waals surface area contributed by atoms with E-state index < -0.39 is 0 Å². The number of hydrogen-bond acceptors (Lipinski definition) is 1. The van der Waals surface area contributed by atoms with Crippen molar-refractivity contribution >= 4 is 5.71 Å². The predicted octanol–water partition coefficient (Wildman–Crippen LogP) is 0.506. The Labute approximate surface area is 56.1 Å². The lowest BCUT2D eigenvalue weighted by atomic mass is 10.3. The van der Waals surface area contributed by atoms with Crippen LogP contribution in [0.5, 0.6) is 0 Å². The lowest BCUT2D eigenvalue weighted by molar-refractivity contribution is -0.427. The maximum absolute atomic E-state index is 2.16. The molecule has 0 saturated carbocycles. The van der Waals surface area contributed by atoms with Gasteiger partial charge < -0.3 is 4.90 Å². The third-order valence-electron chi connectivity index (χ3n) is 1.63. The van der Waals surface area contributed by atoms with Gasteiger partial charge in [-0.05, 0) is 0 Å². The molecule has 0 atom stereocenters. The van der Waals surface area contributed by atoms with Crippen LogP contribution in [0, 0.1) is 0 Å². The van der Waals surface area contributed by atoms with Gasteiger partial charge in [-0.1, -0.05) is 0 Å². The van der Waals surface area contributed by atoms with Crippen molar-refractivity contribution in [2.24, 2.45) is 0 Å². The molecular weight excluding hydrogens is 112 g/mol. The van der Waals surface area contributed by atoms with E-state index in [1.54, 1.807) is 0 Å². The van der Waals surface area contributed by atoms with Crippen molar-refractivity contribution in [2.45, 2.75) is 6.92 Å². The third-order valence-corrected chi connectivity index (χ3v) is 1.63. The van der Waals surface area contributed by atoms with Gasteiger partial charge in [-0.3, -0.25) is 0 Å². The minimum Gasteiger partial charge on any atom is -0.366 e. The summed E-state index contributed by atoms with van der Waals surface area (Å²) in [5.74, 6) is 0. The number of nitrogens with zero attached hydrogens (tertiary/aromatic N) is 2. The number of rotatable bonds is 0. The molecule has 1 aliphatic heterocycles. The summed E-state index contributed by atoms with van der Waals surface area (Å²) >= 11 is 0. The molecule has 9 heavy (non-hydrogen) atoms. The van der Waals surface area contributed by atoms with Crippen LogP contribution in [0.2, 0.25) is 0 Å². The van der Waals surface area contributed by atoms with Crippen LogP contribution in [0.25, 0.3) is 0 Å². The van der Waals surface area contributed by atoms with E-state index >= 15 is 0 Å². The molecular formula is C7H13N2+. The van der Waals surface area contributed by atoms with Gasteiger partial charge in [-0.25, -0.2) is 4.58 Å². The van der Waals surface area contributed by atoms with E-state index in [4.69, 9.17) is 0 Å². The van der Waals surface area contributed by atoms with Gasteiger partial charge in [0.05, 0.1) is 12.7 Å². The van der Waals surface area contributed by atoms with Crippen LogP contribution < -0.4 is 0 Å². The maximum atomic E-state index is 2.16. The Kier molecular flexibility index (Phi) is 1.56. The topological polar surface area (TPSA) is 6.25 Å². The molecule has 0 unspecified atom stereocenters. The molecule has 1 aliphatic rings. The SMILES string of the molecule is CC1=[N+](C)C=CN(C)C1.